The second-order valence-corrected chi connectivity index (χ2v) is 6.33. The Labute approximate surface area is 125 Å². The number of benzene rings is 1. The molecule has 1 aromatic rings. The Balaban J connectivity index is 1.77. The number of ether oxygens (including phenoxy) is 1. The van der Waals surface area contributed by atoms with Crippen molar-refractivity contribution in [1.29, 1.82) is 0 Å². The van der Waals surface area contributed by atoms with Crippen LogP contribution in [-0.4, -0.2) is 41.2 Å². The first-order chi connectivity index (χ1) is 10.1. The van der Waals surface area contributed by atoms with E-state index in [0.717, 1.165) is 24.2 Å². The summed E-state index contributed by atoms with van der Waals surface area (Å²) in [6, 6.07) is 8.10. The highest BCUT2D eigenvalue weighted by Gasteiger charge is 2.41. The average Bonchev–Trinajstić information content (AvgIpc) is 2.85. The Kier molecular flexibility index (Phi) is 3.89. The lowest BCUT2D eigenvalue weighted by molar-refractivity contribution is -0.143. The fourth-order valence-electron chi connectivity index (χ4n) is 3.43. The molecule has 0 saturated carbocycles. The molecule has 0 radical (unpaired) electrons. The number of hydrogen-bond donors (Lipinski definition) is 1. The van der Waals surface area contributed by atoms with Crippen molar-refractivity contribution in [1.82, 2.24) is 4.90 Å². The number of carbonyl (C=O) groups excluding carboxylic acids is 1. The predicted molar refractivity (Wildman–Crippen MR) is 80.3 cm³/mol. The topological polar surface area (TPSA) is 49.8 Å². The van der Waals surface area contributed by atoms with Gasteiger partial charge in [0.1, 0.15) is 5.75 Å². The second kappa shape index (κ2) is 5.68. The molecule has 4 heteroatoms. The highest BCUT2D eigenvalue weighted by Crippen LogP contribution is 2.39. The number of rotatable bonds is 2. The van der Waals surface area contributed by atoms with Gasteiger partial charge in [0.2, 0.25) is 0 Å². The lowest BCUT2D eigenvalue weighted by Crippen LogP contribution is -2.51. The fraction of sp³-hybridized carbons (Fsp3) is 0.588. The summed E-state index contributed by atoms with van der Waals surface area (Å²) < 4.78 is 5.90. The number of carbonyl (C=O) groups is 1. The van der Waals surface area contributed by atoms with E-state index in [1.54, 1.807) is 0 Å². The summed E-state index contributed by atoms with van der Waals surface area (Å²) in [7, 11) is 0. The number of likely N-dealkylation sites (tertiary alicyclic amines) is 1. The molecule has 0 aliphatic carbocycles. The van der Waals surface area contributed by atoms with Gasteiger partial charge in [0, 0.05) is 30.7 Å². The number of amides is 1. The first-order valence-corrected chi connectivity index (χ1v) is 7.78. The smallest absolute Gasteiger partial charge is 0.264 e. The molecule has 2 aliphatic rings. The molecular formula is C17H23NO3. The van der Waals surface area contributed by atoms with Crippen LogP contribution >= 0.6 is 0 Å². The number of para-hydroxylation sites is 1. The molecule has 0 aromatic heterocycles. The van der Waals surface area contributed by atoms with E-state index in [2.05, 4.69) is 6.92 Å². The molecular weight excluding hydrogens is 266 g/mol. The van der Waals surface area contributed by atoms with Crippen molar-refractivity contribution < 1.29 is 14.6 Å². The number of aliphatic hydroxyl groups is 1. The van der Waals surface area contributed by atoms with E-state index < -0.39 is 6.10 Å². The molecule has 1 aromatic carbocycles. The first-order valence-electron chi connectivity index (χ1n) is 7.78. The van der Waals surface area contributed by atoms with Crippen LogP contribution in [0.15, 0.2) is 24.3 Å². The van der Waals surface area contributed by atoms with Crippen LogP contribution in [-0.2, 0) is 4.79 Å². The van der Waals surface area contributed by atoms with Crippen LogP contribution < -0.4 is 4.74 Å². The normalized spacial score (nSPS) is 31.7. The molecule has 1 saturated heterocycles. The summed E-state index contributed by atoms with van der Waals surface area (Å²) >= 11 is 0. The van der Waals surface area contributed by atoms with E-state index in [4.69, 9.17) is 4.74 Å². The SMILES string of the molecule is CC1c2ccccc2OC1C(=O)N1CC(CO)CCC1C. The Morgan fingerprint density at radius 2 is 2.10 bits per heavy atom. The Morgan fingerprint density at radius 1 is 1.33 bits per heavy atom. The number of nitrogens with zero attached hydrogens (tertiary/aromatic N) is 1. The van der Waals surface area contributed by atoms with Crippen molar-refractivity contribution in [2.75, 3.05) is 13.2 Å². The average molecular weight is 289 g/mol. The van der Waals surface area contributed by atoms with Crippen molar-refractivity contribution in [3.63, 3.8) is 0 Å². The van der Waals surface area contributed by atoms with Gasteiger partial charge in [0.05, 0.1) is 0 Å². The van der Waals surface area contributed by atoms with E-state index in [1.807, 2.05) is 36.1 Å². The second-order valence-electron chi connectivity index (χ2n) is 6.33. The molecule has 21 heavy (non-hydrogen) atoms. The van der Waals surface area contributed by atoms with Gasteiger partial charge >= 0.3 is 0 Å². The van der Waals surface area contributed by atoms with Crippen LogP contribution in [0.2, 0.25) is 0 Å². The van der Waals surface area contributed by atoms with Crippen LogP contribution in [0.5, 0.6) is 5.75 Å². The standard InChI is InChI=1S/C17H23NO3/c1-11-7-8-13(10-19)9-18(11)17(20)16-12(2)14-5-3-4-6-15(14)21-16/h3-6,11-13,16,19H,7-10H2,1-2H3. The van der Waals surface area contributed by atoms with E-state index >= 15 is 0 Å². The highest BCUT2D eigenvalue weighted by atomic mass is 16.5. The van der Waals surface area contributed by atoms with Gasteiger partial charge in [-0.1, -0.05) is 25.1 Å². The van der Waals surface area contributed by atoms with Gasteiger partial charge in [-0.25, -0.2) is 0 Å². The van der Waals surface area contributed by atoms with E-state index in [0.29, 0.717) is 6.54 Å². The predicted octanol–water partition coefficient (Wildman–Crippen LogP) is 2.17. The van der Waals surface area contributed by atoms with Crippen LogP contribution in [0.1, 0.15) is 38.2 Å². The summed E-state index contributed by atoms with van der Waals surface area (Å²) in [5, 5.41) is 9.37. The highest BCUT2D eigenvalue weighted by molar-refractivity contribution is 5.84. The quantitative estimate of drug-likeness (QED) is 0.908. The maximum Gasteiger partial charge on any atom is 0.264 e. The van der Waals surface area contributed by atoms with Crippen molar-refractivity contribution in [2.45, 2.75) is 44.8 Å². The van der Waals surface area contributed by atoms with Gasteiger partial charge in [-0.05, 0) is 31.7 Å². The number of aliphatic hydroxyl groups excluding tert-OH is 1. The lowest BCUT2D eigenvalue weighted by Gasteiger charge is -2.39. The summed E-state index contributed by atoms with van der Waals surface area (Å²) in [6.45, 7) is 4.92. The van der Waals surface area contributed by atoms with Gasteiger partial charge in [-0.3, -0.25) is 4.79 Å². The third-order valence-electron chi connectivity index (χ3n) is 4.88. The molecule has 2 aliphatic heterocycles. The zero-order valence-corrected chi connectivity index (χ0v) is 12.7. The van der Waals surface area contributed by atoms with Gasteiger partial charge in [0.25, 0.3) is 5.91 Å². The van der Waals surface area contributed by atoms with Crippen LogP contribution in [0.3, 0.4) is 0 Å². The molecule has 4 atom stereocenters. The number of hydrogen-bond acceptors (Lipinski definition) is 3. The largest absolute Gasteiger partial charge is 0.480 e. The molecule has 0 bridgehead atoms. The summed E-state index contributed by atoms with van der Waals surface area (Å²) in [5.74, 6) is 1.16. The third kappa shape index (κ3) is 2.53. The summed E-state index contributed by atoms with van der Waals surface area (Å²) in [4.78, 5) is 14.8. The molecule has 114 valence electrons. The van der Waals surface area contributed by atoms with Gasteiger partial charge in [-0.15, -0.1) is 0 Å². The molecule has 3 rings (SSSR count). The van der Waals surface area contributed by atoms with Crippen molar-refractivity contribution in [3.8, 4) is 5.75 Å². The monoisotopic (exact) mass is 289 g/mol. The molecule has 2 heterocycles. The van der Waals surface area contributed by atoms with E-state index in [1.165, 1.54) is 0 Å². The molecule has 4 unspecified atom stereocenters. The van der Waals surface area contributed by atoms with Crippen molar-refractivity contribution >= 4 is 5.91 Å². The Bertz CT molecular complexity index is 531. The maximum atomic E-state index is 12.9. The minimum Gasteiger partial charge on any atom is -0.480 e. The summed E-state index contributed by atoms with van der Waals surface area (Å²) in [5.41, 5.74) is 1.11. The van der Waals surface area contributed by atoms with Crippen LogP contribution in [0.25, 0.3) is 0 Å². The molecule has 4 nitrogen and oxygen atoms in total. The molecule has 1 fully saturated rings. The maximum absolute atomic E-state index is 12.9. The minimum absolute atomic E-state index is 0.0596. The number of piperidine rings is 1. The third-order valence-corrected chi connectivity index (χ3v) is 4.88. The van der Waals surface area contributed by atoms with Crippen LogP contribution in [0, 0.1) is 5.92 Å². The lowest BCUT2D eigenvalue weighted by atomic mass is 9.91. The van der Waals surface area contributed by atoms with Gasteiger partial charge < -0.3 is 14.7 Å². The van der Waals surface area contributed by atoms with Crippen molar-refractivity contribution in [2.24, 2.45) is 5.92 Å². The minimum atomic E-state index is -0.428. The Hall–Kier alpha value is -1.55. The van der Waals surface area contributed by atoms with Crippen molar-refractivity contribution in [3.05, 3.63) is 29.8 Å². The Morgan fingerprint density at radius 3 is 2.81 bits per heavy atom. The fourth-order valence-corrected chi connectivity index (χ4v) is 3.43. The van der Waals surface area contributed by atoms with Crippen LogP contribution in [0.4, 0.5) is 0 Å². The number of fused-ring (bicyclic) bond motifs is 1. The van der Waals surface area contributed by atoms with E-state index in [9.17, 15) is 9.90 Å². The zero-order chi connectivity index (χ0) is 15.0. The molecule has 0 spiro atoms. The van der Waals surface area contributed by atoms with Gasteiger partial charge in [0.15, 0.2) is 6.10 Å². The summed E-state index contributed by atoms with van der Waals surface area (Å²) in [6.07, 6.45) is 1.51. The zero-order valence-electron chi connectivity index (χ0n) is 12.7. The van der Waals surface area contributed by atoms with E-state index in [-0.39, 0.29) is 30.4 Å². The first kappa shape index (κ1) is 14.4. The van der Waals surface area contributed by atoms with Gasteiger partial charge in [-0.2, -0.15) is 0 Å². The molecule has 1 N–H and O–H groups in total. The molecule has 1 amide bonds.